The number of hydrogen-bond acceptors (Lipinski definition) is 6. The molecule has 0 atom stereocenters. The predicted octanol–water partition coefficient (Wildman–Crippen LogP) is 2.41. The Labute approximate surface area is 172 Å². The van der Waals surface area contributed by atoms with Crippen molar-refractivity contribution in [2.75, 3.05) is 33.4 Å². The van der Waals surface area contributed by atoms with Gasteiger partial charge in [-0.15, -0.1) is 0 Å². The first kappa shape index (κ1) is 20.8. The molecular weight excluding hydrogens is 448 g/mol. The first-order chi connectivity index (χ1) is 13.4. The molecule has 9 heteroatoms. The average molecular weight is 469 g/mol. The van der Waals surface area contributed by atoms with Gasteiger partial charge in [-0.05, 0) is 46.3 Å². The number of benzene rings is 2. The van der Waals surface area contributed by atoms with Crippen LogP contribution in [0.25, 0.3) is 0 Å². The van der Waals surface area contributed by atoms with Crippen molar-refractivity contribution in [1.82, 2.24) is 9.62 Å². The Morgan fingerprint density at radius 3 is 2.61 bits per heavy atom. The van der Waals surface area contributed by atoms with Crippen molar-refractivity contribution >= 4 is 31.9 Å². The van der Waals surface area contributed by atoms with Crippen LogP contribution in [0.1, 0.15) is 15.9 Å². The van der Waals surface area contributed by atoms with E-state index >= 15 is 0 Å². The van der Waals surface area contributed by atoms with Crippen LogP contribution in [-0.2, 0) is 21.3 Å². The summed E-state index contributed by atoms with van der Waals surface area (Å²) in [5.41, 5.74) is 1.06. The molecule has 1 heterocycles. The smallest absolute Gasteiger partial charge is 0.265 e. The number of nitrogens with one attached hydrogen (secondary N) is 1. The Bertz CT molecular complexity index is 959. The summed E-state index contributed by atoms with van der Waals surface area (Å²) in [6, 6.07) is 11.2. The van der Waals surface area contributed by atoms with E-state index in [1.54, 1.807) is 43.5 Å². The quantitative estimate of drug-likeness (QED) is 0.700. The summed E-state index contributed by atoms with van der Waals surface area (Å²) in [4.78, 5) is 14.8. The van der Waals surface area contributed by atoms with E-state index < -0.39 is 15.9 Å². The van der Waals surface area contributed by atoms with Crippen molar-refractivity contribution < 1.29 is 22.7 Å². The first-order valence-electron chi connectivity index (χ1n) is 8.69. The normalized spacial score (nSPS) is 15.2. The molecule has 1 saturated heterocycles. The number of nitrogens with zero attached hydrogens (tertiary/aromatic N) is 1. The van der Waals surface area contributed by atoms with Crippen molar-refractivity contribution in [3.63, 3.8) is 0 Å². The number of sulfonamides is 1. The zero-order valence-corrected chi connectivity index (χ0v) is 17.8. The average Bonchev–Trinajstić information content (AvgIpc) is 2.68. The van der Waals surface area contributed by atoms with Crippen molar-refractivity contribution in [2.45, 2.75) is 11.4 Å². The monoisotopic (exact) mass is 468 g/mol. The van der Waals surface area contributed by atoms with E-state index in [1.807, 2.05) is 0 Å². The van der Waals surface area contributed by atoms with Gasteiger partial charge in [0.15, 0.2) is 0 Å². The maximum absolute atomic E-state index is 12.6. The van der Waals surface area contributed by atoms with Gasteiger partial charge in [-0.2, -0.15) is 0 Å². The number of carbonyl (C=O) groups is 1. The highest BCUT2D eigenvalue weighted by molar-refractivity contribution is 9.10. The maximum atomic E-state index is 12.6. The highest BCUT2D eigenvalue weighted by Crippen LogP contribution is 2.24. The molecule has 2 aromatic rings. The van der Waals surface area contributed by atoms with Gasteiger partial charge in [0.25, 0.3) is 15.9 Å². The summed E-state index contributed by atoms with van der Waals surface area (Å²) in [6.45, 7) is 3.48. The molecule has 1 amide bonds. The van der Waals surface area contributed by atoms with Gasteiger partial charge in [-0.3, -0.25) is 9.69 Å². The van der Waals surface area contributed by atoms with Gasteiger partial charge in [0.05, 0.1) is 20.3 Å². The predicted molar refractivity (Wildman–Crippen MR) is 108 cm³/mol. The third kappa shape index (κ3) is 4.91. The number of amides is 1. The minimum Gasteiger partial charge on any atom is -0.496 e. The third-order valence-electron chi connectivity index (χ3n) is 4.39. The number of rotatable bonds is 6. The Morgan fingerprint density at radius 2 is 1.93 bits per heavy atom. The fourth-order valence-electron chi connectivity index (χ4n) is 2.94. The molecule has 7 nitrogen and oxygen atoms in total. The highest BCUT2D eigenvalue weighted by atomic mass is 79.9. The van der Waals surface area contributed by atoms with Crippen molar-refractivity contribution in [1.29, 1.82) is 0 Å². The molecular formula is C19H21BrN2O5S. The summed E-state index contributed by atoms with van der Waals surface area (Å²) >= 11 is 3.20. The molecule has 2 aromatic carbocycles. The zero-order chi connectivity index (χ0) is 20.1. The lowest BCUT2D eigenvalue weighted by Gasteiger charge is -2.27. The maximum Gasteiger partial charge on any atom is 0.265 e. The number of carbonyl (C=O) groups excluding carboxylic acids is 1. The lowest BCUT2D eigenvalue weighted by atomic mass is 10.1. The minimum absolute atomic E-state index is 0.00500. The number of hydrogen-bond donors (Lipinski definition) is 1. The Kier molecular flexibility index (Phi) is 6.71. The molecule has 150 valence electrons. The lowest BCUT2D eigenvalue weighted by Crippen LogP contribution is -2.36. The number of methoxy groups -OCH3 is 1. The second-order valence-corrected chi connectivity index (χ2v) is 8.79. The SMILES string of the molecule is COc1ccc(C(=O)NS(=O)(=O)c2ccccc2Br)cc1CN1CCOCC1. The molecule has 0 bridgehead atoms. The van der Waals surface area contributed by atoms with Crippen LogP contribution in [0.3, 0.4) is 0 Å². The molecule has 0 aromatic heterocycles. The molecule has 1 aliphatic heterocycles. The van der Waals surface area contributed by atoms with Crippen LogP contribution in [0.4, 0.5) is 0 Å². The van der Waals surface area contributed by atoms with Gasteiger partial charge in [0.1, 0.15) is 10.6 Å². The summed E-state index contributed by atoms with van der Waals surface area (Å²) in [5, 5.41) is 0. The Morgan fingerprint density at radius 1 is 1.21 bits per heavy atom. The zero-order valence-electron chi connectivity index (χ0n) is 15.4. The van der Waals surface area contributed by atoms with Crippen LogP contribution in [-0.4, -0.2) is 52.6 Å². The topological polar surface area (TPSA) is 84.9 Å². The fraction of sp³-hybridized carbons (Fsp3) is 0.316. The molecule has 28 heavy (non-hydrogen) atoms. The molecule has 0 unspecified atom stereocenters. The summed E-state index contributed by atoms with van der Waals surface area (Å²) in [5.74, 6) is -0.0432. The minimum atomic E-state index is -4.00. The fourth-order valence-corrected chi connectivity index (χ4v) is 4.92. The number of halogens is 1. The number of ether oxygens (including phenoxy) is 2. The molecule has 3 rings (SSSR count). The molecule has 0 saturated carbocycles. The van der Waals surface area contributed by atoms with Crippen molar-refractivity contribution in [3.05, 3.63) is 58.1 Å². The van der Waals surface area contributed by atoms with Gasteiger partial charge in [-0.1, -0.05) is 12.1 Å². The van der Waals surface area contributed by atoms with Gasteiger partial charge in [-0.25, -0.2) is 13.1 Å². The highest BCUT2D eigenvalue weighted by Gasteiger charge is 2.22. The van der Waals surface area contributed by atoms with Gasteiger partial charge >= 0.3 is 0 Å². The summed E-state index contributed by atoms with van der Waals surface area (Å²) < 4.78 is 38.4. The molecule has 0 spiro atoms. The molecule has 1 fully saturated rings. The Balaban J connectivity index is 1.81. The molecule has 1 N–H and O–H groups in total. The first-order valence-corrected chi connectivity index (χ1v) is 11.0. The van der Waals surface area contributed by atoms with E-state index in [0.29, 0.717) is 30.0 Å². The Hall–Kier alpha value is -1.94. The van der Waals surface area contributed by atoms with Crippen LogP contribution in [0, 0.1) is 0 Å². The van der Waals surface area contributed by atoms with Gasteiger partial charge in [0.2, 0.25) is 0 Å². The van der Waals surface area contributed by atoms with Crippen molar-refractivity contribution in [3.8, 4) is 5.75 Å². The second kappa shape index (κ2) is 9.04. The van der Waals surface area contributed by atoms with Crippen LogP contribution < -0.4 is 9.46 Å². The van der Waals surface area contributed by atoms with E-state index in [-0.39, 0.29) is 10.5 Å². The number of morpholine rings is 1. The largest absolute Gasteiger partial charge is 0.496 e. The van der Waals surface area contributed by atoms with Gasteiger partial charge in [0, 0.05) is 35.2 Å². The molecule has 1 aliphatic rings. The second-order valence-electron chi connectivity index (χ2n) is 6.28. The van der Waals surface area contributed by atoms with E-state index in [1.165, 1.54) is 6.07 Å². The molecule has 0 radical (unpaired) electrons. The van der Waals surface area contributed by atoms with Gasteiger partial charge < -0.3 is 9.47 Å². The summed E-state index contributed by atoms with van der Waals surface area (Å²) in [6.07, 6.45) is 0. The van der Waals surface area contributed by atoms with E-state index in [0.717, 1.165) is 18.7 Å². The summed E-state index contributed by atoms with van der Waals surface area (Å²) in [7, 11) is -2.43. The van der Waals surface area contributed by atoms with Crippen LogP contribution in [0.2, 0.25) is 0 Å². The van der Waals surface area contributed by atoms with E-state index in [4.69, 9.17) is 9.47 Å². The van der Waals surface area contributed by atoms with Crippen LogP contribution in [0.5, 0.6) is 5.75 Å². The van der Waals surface area contributed by atoms with Crippen molar-refractivity contribution in [2.24, 2.45) is 0 Å². The third-order valence-corrected chi connectivity index (χ3v) is 6.74. The van der Waals surface area contributed by atoms with E-state index in [2.05, 4.69) is 25.6 Å². The van der Waals surface area contributed by atoms with Crippen LogP contribution in [0.15, 0.2) is 51.8 Å². The van der Waals surface area contributed by atoms with Crippen LogP contribution >= 0.6 is 15.9 Å². The standard InChI is InChI=1S/C19H21BrN2O5S/c1-26-17-7-6-14(12-15(17)13-22-8-10-27-11-9-22)19(23)21-28(24,25)18-5-3-2-4-16(18)20/h2-7,12H,8-11,13H2,1H3,(H,21,23). The lowest BCUT2D eigenvalue weighted by molar-refractivity contribution is 0.0338. The molecule has 0 aliphatic carbocycles. The van der Waals surface area contributed by atoms with E-state index in [9.17, 15) is 13.2 Å².